The minimum atomic E-state index is -0.0903. The SMILES string of the molecule is Cc1cc(Cl)ccc1NC(=O)N1C[C@H](C)O[C@@H](C)C1. The van der Waals surface area contributed by atoms with Crippen LogP contribution >= 0.6 is 11.6 Å². The lowest BCUT2D eigenvalue weighted by Gasteiger charge is -2.35. The van der Waals surface area contributed by atoms with E-state index >= 15 is 0 Å². The van der Waals surface area contributed by atoms with E-state index in [-0.39, 0.29) is 18.2 Å². The Morgan fingerprint density at radius 1 is 1.37 bits per heavy atom. The van der Waals surface area contributed by atoms with Crippen molar-refractivity contribution >= 4 is 23.3 Å². The molecule has 0 unspecified atom stereocenters. The molecule has 4 nitrogen and oxygen atoms in total. The summed E-state index contributed by atoms with van der Waals surface area (Å²) in [5, 5.41) is 3.59. The molecule has 1 heterocycles. The number of ether oxygens (including phenoxy) is 1. The number of benzene rings is 1. The van der Waals surface area contributed by atoms with E-state index in [0.717, 1.165) is 11.3 Å². The zero-order valence-electron chi connectivity index (χ0n) is 11.4. The van der Waals surface area contributed by atoms with Crippen LogP contribution in [-0.2, 0) is 4.74 Å². The van der Waals surface area contributed by atoms with Crippen LogP contribution in [0, 0.1) is 6.92 Å². The number of nitrogens with one attached hydrogen (secondary N) is 1. The van der Waals surface area contributed by atoms with Gasteiger partial charge in [-0.15, -0.1) is 0 Å². The molecule has 1 saturated heterocycles. The second-order valence-corrected chi connectivity index (χ2v) is 5.49. The fourth-order valence-corrected chi connectivity index (χ4v) is 2.53. The Hall–Kier alpha value is -1.26. The van der Waals surface area contributed by atoms with Gasteiger partial charge in [0.2, 0.25) is 0 Å². The molecule has 2 amide bonds. The Labute approximate surface area is 118 Å². The van der Waals surface area contributed by atoms with Gasteiger partial charge in [0.1, 0.15) is 0 Å². The van der Waals surface area contributed by atoms with Crippen LogP contribution in [0.2, 0.25) is 5.02 Å². The smallest absolute Gasteiger partial charge is 0.322 e. The van der Waals surface area contributed by atoms with Crippen LogP contribution in [0.15, 0.2) is 18.2 Å². The van der Waals surface area contributed by atoms with Gasteiger partial charge in [0.15, 0.2) is 0 Å². The molecule has 1 aromatic rings. The van der Waals surface area contributed by atoms with E-state index < -0.39 is 0 Å². The summed E-state index contributed by atoms with van der Waals surface area (Å²) in [5.74, 6) is 0. The van der Waals surface area contributed by atoms with Crippen molar-refractivity contribution in [1.82, 2.24) is 4.90 Å². The lowest BCUT2D eigenvalue weighted by Crippen LogP contribution is -2.49. The van der Waals surface area contributed by atoms with Crippen LogP contribution in [0.1, 0.15) is 19.4 Å². The Kier molecular flexibility index (Phi) is 4.32. The predicted octanol–water partition coefficient (Wildman–Crippen LogP) is 3.29. The molecule has 2 atom stereocenters. The molecule has 19 heavy (non-hydrogen) atoms. The zero-order valence-corrected chi connectivity index (χ0v) is 12.2. The van der Waals surface area contributed by atoms with Crippen molar-refractivity contribution in [2.24, 2.45) is 0 Å². The second kappa shape index (κ2) is 5.80. The molecule has 5 heteroatoms. The van der Waals surface area contributed by atoms with Crippen molar-refractivity contribution in [3.63, 3.8) is 0 Å². The fourth-order valence-electron chi connectivity index (χ4n) is 2.31. The number of aryl methyl sites for hydroxylation is 1. The molecule has 1 N–H and O–H groups in total. The lowest BCUT2D eigenvalue weighted by molar-refractivity contribution is -0.0530. The Bertz CT molecular complexity index is 469. The monoisotopic (exact) mass is 282 g/mol. The van der Waals surface area contributed by atoms with E-state index in [2.05, 4.69) is 5.32 Å². The Morgan fingerprint density at radius 2 is 2.00 bits per heavy atom. The summed E-state index contributed by atoms with van der Waals surface area (Å²) in [5.41, 5.74) is 1.75. The predicted molar refractivity (Wildman–Crippen MR) is 76.8 cm³/mol. The van der Waals surface area contributed by atoms with Crippen LogP contribution in [0.4, 0.5) is 10.5 Å². The quantitative estimate of drug-likeness (QED) is 0.859. The molecule has 0 aromatic heterocycles. The number of morpholine rings is 1. The number of anilines is 1. The van der Waals surface area contributed by atoms with Crippen LogP contribution in [0.5, 0.6) is 0 Å². The summed E-state index contributed by atoms with van der Waals surface area (Å²) in [4.78, 5) is 14.0. The van der Waals surface area contributed by atoms with Crippen LogP contribution in [-0.4, -0.2) is 36.2 Å². The number of halogens is 1. The van der Waals surface area contributed by atoms with E-state index in [1.54, 1.807) is 11.0 Å². The average molecular weight is 283 g/mol. The van der Waals surface area contributed by atoms with Gasteiger partial charge in [0, 0.05) is 23.8 Å². The molecule has 0 spiro atoms. The normalized spacial score (nSPS) is 23.3. The third kappa shape index (κ3) is 3.61. The van der Waals surface area contributed by atoms with E-state index in [1.165, 1.54) is 0 Å². The van der Waals surface area contributed by atoms with Crippen molar-refractivity contribution in [1.29, 1.82) is 0 Å². The summed E-state index contributed by atoms with van der Waals surface area (Å²) < 4.78 is 5.62. The molecular formula is C14H19ClN2O2. The number of nitrogens with zero attached hydrogens (tertiary/aromatic N) is 1. The molecule has 1 aromatic carbocycles. The van der Waals surface area contributed by atoms with Crippen molar-refractivity contribution < 1.29 is 9.53 Å². The standard InChI is InChI=1S/C14H19ClN2O2/c1-9-6-12(15)4-5-13(9)16-14(18)17-7-10(2)19-11(3)8-17/h4-6,10-11H,7-8H2,1-3H3,(H,16,18)/t10-,11-/m0/s1. The number of urea groups is 1. The van der Waals surface area contributed by atoms with Crippen molar-refractivity contribution in [3.05, 3.63) is 28.8 Å². The molecular weight excluding hydrogens is 264 g/mol. The molecule has 1 aliphatic heterocycles. The highest BCUT2D eigenvalue weighted by atomic mass is 35.5. The van der Waals surface area contributed by atoms with E-state index in [1.807, 2.05) is 32.9 Å². The third-order valence-corrected chi connectivity index (χ3v) is 3.37. The van der Waals surface area contributed by atoms with Gasteiger partial charge in [0.05, 0.1) is 12.2 Å². The first-order valence-corrected chi connectivity index (χ1v) is 6.81. The highest BCUT2D eigenvalue weighted by Crippen LogP contribution is 2.20. The fraction of sp³-hybridized carbons (Fsp3) is 0.500. The number of rotatable bonds is 1. The first-order chi connectivity index (χ1) is 8.95. The van der Waals surface area contributed by atoms with Gasteiger partial charge in [-0.2, -0.15) is 0 Å². The van der Waals surface area contributed by atoms with Gasteiger partial charge >= 0.3 is 6.03 Å². The lowest BCUT2D eigenvalue weighted by atomic mass is 10.2. The minimum absolute atomic E-state index is 0.0702. The first-order valence-electron chi connectivity index (χ1n) is 6.43. The Morgan fingerprint density at radius 3 is 2.58 bits per heavy atom. The first kappa shape index (κ1) is 14.2. The van der Waals surface area contributed by atoms with Crippen LogP contribution in [0.3, 0.4) is 0 Å². The summed E-state index contributed by atoms with van der Waals surface area (Å²) >= 11 is 5.90. The average Bonchev–Trinajstić information content (AvgIpc) is 2.31. The molecule has 0 bridgehead atoms. The van der Waals surface area contributed by atoms with Gasteiger partial charge in [-0.1, -0.05) is 11.6 Å². The molecule has 0 aliphatic carbocycles. The highest BCUT2D eigenvalue weighted by Gasteiger charge is 2.25. The summed E-state index contributed by atoms with van der Waals surface area (Å²) in [6.07, 6.45) is 0.140. The van der Waals surface area contributed by atoms with Crippen molar-refractivity contribution in [3.8, 4) is 0 Å². The zero-order chi connectivity index (χ0) is 14.0. The van der Waals surface area contributed by atoms with Gasteiger partial charge in [0.25, 0.3) is 0 Å². The summed E-state index contributed by atoms with van der Waals surface area (Å²) in [6, 6.07) is 5.34. The maximum atomic E-state index is 12.2. The number of carbonyl (C=O) groups is 1. The highest BCUT2D eigenvalue weighted by molar-refractivity contribution is 6.30. The topological polar surface area (TPSA) is 41.6 Å². The molecule has 0 saturated carbocycles. The van der Waals surface area contributed by atoms with E-state index in [0.29, 0.717) is 18.1 Å². The minimum Gasteiger partial charge on any atom is -0.372 e. The second-order valence-electron chi connectivity index (χ2n) is 5.05. The van der Waals surface area contributed by atoms with E-state index in [4.69, 9.17) is 16.3 Å². The van der Waals surface area contributed by atoms with Crippen molar-refractivity contribution in [2.75, 3.05) is 18.4 Å². The molecule has 0 radical (unpaired) electrons. The molecule has 2 rings (SSSR count). The number of carbonyl (C=O) groups excluding carboxylic acids is 1. The van der Waals surface area contributed by atoms with Crippen LogP contribution in [0.25, 0.3) is 0 Å². The third-order valence-electron chi connectivity index (χ3n) is 3.14. The van der Waals surface area contributed by atoms with Gasteiger partial charge < -0.3 is 15.0 Å². The van der Waals surface area contributed by atoms with E-state index in [9.17, 15) is 4.79 Å². The largest absolute Gasteiger partial charge is 0.372 e. The summed E-state index contributed by atoms with van der Waals surface area (Å²) in [6.45, 7) is 7.10. The maximum absolute atomic E-state index is 12.2. The van der Waals surface area contributed by atoms with Crippen molar-refractivity contribution in [2.45, 2.75) is 33.0 Å². The van der Waals surface area contributed by atoms with Gasteiger partial charge in [-0.25, -0.2) is 4.79 Å². The molecule has 1 fully saturated rings. The van der Waals surface area contributed by atoms with Crippen LogP contribution < -0.4 is 5.32 Å². The Balaban J connectivity index is 2.04. The molecule has 104 valence electrons. The number of hydrogen-bond donors (Lipinski definition) is 1. The molecule has 1 aliphatic rings. The maximum Gasteiger partial charge on any atom is 0.322 e. The van der Waals surface area contributed by atoms with Gasteiger partial charge in [-0.3, -0.25) is 0 Å². The summed E-state index contributed by atoms with van der Waals surface area (Å²) in [7, 11) is 0. The van der Waals surface area contributed by atoms with Gasteiger partial charge in [-0.05, 0) is 44.5 Å². The number of amides is 2. The number of hydrogen-bond acceptors (Lipinski definition) is 2.